The van der Waals surface area contributed by atoms with E-state index in [0.717, 1.165) is 16.0 Å². The van der Waals surface area contributed by atoms with Gasteiger partial charge in [-0.2, -0.15) is 0 Å². The molecule has 2 aromatic rings. The molecule has 0 spiro atoms. The van der Waals surface area contributed by atoms with Gasteiger partial charge >= 0.3 is 0 Å². The highest BCUT2D eigenvalue weighted by molar-refractivity contribution is 7.10. The van der Waals surface area contributed by atoms with Crippen LogP contribution >= 0.6 is 46.1 Å². The van der Waals surface area contributed by atoms with E-state index in [0.29, 0.717) is 21.5 Å². The third-order valence-corrected chi connectivity index (χ3v) is 5.20. The minimum absolute atomic E-state index is 0.469. The van der Waals surface area contributed by atoms with Crippen LogP contribution in [0.25, 0.3) is 0 Å². The standard InChI is InChI=1S/C13H11Cl3OS/c1-7-6-18-13(12(7)16)11(17)5-8-2-3-9(14)10(15)4-8/h2-4,6,11,17H,5H2,1H3. The van der Waals surface area contributed by atoms with Gasteiger partial charge in [0.15, 0.2) is 0 Å². The molecule has 0 bridgehead atoms. The molecule has 1 N–H and O–H groups in total. The topological polar surface area (TPSA) is 20.2 Å². The quantitative estimate of drug-likeness (QED) is 0.814. The van der Waals surface area contributed by atoms with Gasteiger partial charge in [0.1, 0.15) is 0 Å². The molecule has 0 fully saturated rings. The second kappa shape index (κ2) is 5.81. The van der Waals surface area contributed by atoms with Gasteiger partial charge < -0.3 is 5.11 Å². The largest absolute Gasteiger partial charge is 0.387 e. The van der Waals surface area contributed by atoms with Gasteiger partial charge in [-0.25, -0.2) is 0 Å². The van der Waals surface area contributed by atoms with Crippen LogP contribution in [0.15, 0.2) is 23.6 Å². The third kappa shape index (κ3) is 3.01. The minimum atomic E-state index is -0.617. The fraction of sp³-hybridized carbons (Fsp3) is 0.231. The van der Waals surface area contributed by atoms with Crippen LogP contribution in [0.1, 0.15) is 22.1 Å². The maximum Gasteiger partial charge on any atom is 0.0937 e. The van der Waals surface area contributed by atoms with Gasteiger partial charge in [0, 0.05) is 6.42 Å². The molecule has 1 nitrogen and oxygen atoms in total. The van der Waals surface area contributed by atoms with E-state index in [1.807, 2.05) is 18.4 Å². The van der Waals surface area contributed by atoms with E-state index in [-0.39, 0.29) is 0 Å². The first-order chi connectivity index (χ1) is 8.49. The summed E-state index contributed by atoms with van der Waals surface area (Å²) in [5.41, 5.74) is 1.92. The van der Waals surface area contributed by atoms with Gasteiger partial charge in [-0.05, 0) is 35.6 Å². The van der Waals surface area contributed by atoms with Crippen molar-refractivity contribution in [2.24, 2.45) is 0 Å². The van der Waals surface area contributed by atoms with E-state index < -0.39 is 6.10 Å². The van der Waals surface area contributed by atoms with Gasteiger partial charge in [-0.3, -0.25) is 0 Å². The Kier molecular flexibility index (Phi) is 4.57. The molecule has 0 saturated carbocycles. The highest BCUT2D eigenvalue weighted by Crippen LogP contribution is 2.34. The molecule has 0 aliphatic rings. The van der Waals surface area contributed by atoms with Crippen LogP contribution in [-0.4, -0.2) is 5.11 Å². The minimum Gasteiger partial charge on any atom is -0.387 e. The summed E-state index contributed by atoms with van der Waals surface area (Å²) in [6, 6.07) is 5.35. The number of aliphatic hydroxyl groups excluding tert-OH is 1. The molecule has 96 valence electrons. The van der Waals surface area contributed by atoms with Crippen LogP contribution in [0.4, 0.5) is 0 Å². The van der Waals surface area contributed by atoms with Gasteiger partial charge in [0.2, 0.25) is 0 Å². The monoisotopic (exact) mass is 320 g/mol. The first-order valence-electron chi connectivity index (χ1n) is 5.34. The lowest BCUT2D eigenvalue weighted by Crippen LogP contribution is -2.00. The summed E-state index contributed by atoms with van der Waals surface area (Å²) in [6.45, 7) is 1.92. The van der Waals surface area contributed by atoms with E-state index in [4.69, 9.17) is 34.8 Å². The number of aryl methyl sites for hydroxylation is 1. The fourth-order valence-corrected chi connectivity index (χ4v) is 3.28. The molecular formula is C13H11Cl3OS. The lowest BCUT2D eigenvalue weighted by atomic mass is 10.1. The summed E-state index contributed by atoms with van der Waals surface area (Å²) in [5.74, 6) is 0. The number of aliphatic hydroxyl groups is 1. The maximum absolute atomic E-state index is 10.2. The summed E-state index contributed by atoms with van der Waals surface area (Å²) in [5, 5.41) is 13.8. The van der Waals surface area contributed by atoms with Crippen LogP contribution in [0.2, 0.25) is 15.1 Å². The normalized spacial score (nSPS) is 12.7. The Morgan fingerprint density at radius 3 is 2.50 bits per heavy atom. The highest BCUT2D eigenvalue weighted by Gasteiger charge is 2.16. The summed E-state index contributed by atoms with van der Waals surface area (Å²) < 4.78 is 0. The Hall–Kier alpha value is -0.250. The first-order valence-corrected chi connectivity index (χ1v) is 7.36. The van der Waals surface area contributed by atoms with Gasteiger partial charge in [-0.1, -0.05) is 40.9 Å². The predicted molar refractivity (Wildman–Crippen MR) is 79.2 cm³/mol. The van der Waals surface area contributed by atoms with Crippen LogP contribution < -0.4 is 0 Å². The molecular weight excluding hydrogens is 311 g/mol. The molecule has 0 radical (unpaired) electrons. The molecule has 5 heteroatoms. The number of benzene rings is 1. The van der Waals surface area contributed by atoms with E-state index in [1.165, 1.54) is 11.3 Å². The van der Waals surface area contributed by atoms with Crippen molar-refractivity contribution >= 4 is 46.1 Å². The highest BCUT2D eigenvalue weighted by atomic mass is 35.5. The Morgan fingerprint density at radius 2 is 1.94 bits per heavy atom. The van der Waals surface area contributed by atoms with Crippen molar-refractivity contribution < 1.29 is 5.11 Å². The van der Waals surface area contributed by atoms with E-state index in [2.05, 4.69) is 0 Å². The Morgan fingerprint density at radius 1 is 1.22 bits per heavy atom. The lowest BCUT2D eigenvalue weighted by Gasteiger charge is -2.10. The van der Waals surface area contributed by atoms with E-state index in [9.17, 15) is 5.11 Å². The summed E-state index contributed by atoms with van der Waals surface area (Å²) >= 11 is 19.4. The van der Waals surface area contributed by atoms with Crippen molar-refractivity contribution in [3.63, 3.8) is 0 Å². The zero-order valence-electron chi connectivity index (χ0n) is 9.58. The Balaban J connectivity index is 2.18. The molecule has 1 atom stereocenters. The summed E-state index contributed by atoms with van der Waals surface area (Å²) in [6.07, 6.45) is -0.148. The number of hydrogen-bond acceptors (Lipinski definition) is 2. The number of rotatable bonds is 3. The Labute approximate surface area is 125 Å². The average Bonchev–Trinajstić information content (AvgIpc) is 2.65. The first kappa shape index (κ1) is 14.2. The molecule has 0 saturated heterocycles. The fourth-order valence-electron chi connectivity index (χ4n) is 1.66. The Bertz CT molecular complexity index is 565. The average molecular weight is 322 g/mol. The van der Waals surface area contributed by atoms with Crippen LogP contribution in [-0.2, 0) is 6.42 Å². The smallest absolute Gasteiger partial charge is 0.0937 e. The third-order valence-electron chi connectivity index (χ3n) is 2.64. The lowest BCUT2D eigenvalue weighted by molar-refractivity contribution is 0.182. The van der Waals surface area contributed by atoms with Gasteiger partial charge in [0.05, 0.1) is 26.0 Å². The van der Waals surface area contributed by atoms with Gasteiger partial charge in [-0.15, -0.1) is 11.3 Å². The maximum atomic E-state index is 10.2. The van der Waals surface area contributed by atoms with Gasteiger partial charge in [0.25, 0.3) is 0 Å². The van der Waals surface area contributed by atoms with Crippen LogP contribution in [0.3, 0.4) is 0 Å². The number of hydrogen-bond donors (Lipinski definition) is 1. The molecule has 1 unspecified atom stereocenters. The predicted octanol–water partition coefficient (Wildman–Crippen LogP) is 5.29. The van der Waals surface area contributed by atoms with Crippen molar-refractivity contribution in [1.29, 1.82) is 0 Å². The van der Waals surface area contributed by atoms with Crippen molar-refractivity contribution in [3.05, 3.63) is 54.7 Å². The number of thiophene rings is 1. The zero-order valence-corrected chi connectivity index (χ0v) is 12.7. The number of halogens is 3. The molecule has 1 aromatic carbocycles. The molecule has 0 aliphatic heterocycles. The SMILES string of the molecule is Cc1csc(C(O)Cc2ccc(Cl)c(Cl)c2)c1Cl. The van der Waals surface area contributed by atoms with Crippen LogP contribution in [0.5, 0.6) is 0 Å². The molecule has 2 rings (SSSR count). The second-order valence-electron chi connectivity index (χ2n) is 4.07. The molecule has 0 aliphatic carbocycles. The van der Waals surface area contributed by atoms with Crippen LogP contribution in [0, 0.1) is 6.92 Å². The zero-order chi connectivity index (χ0) is 13.3. The van der Waals surface area contributed by atoms with Crippen molar-refractivity contribution in [2.45, 2.75) is 19.4 Å². The molecule has 18 heavy (non-hydrogen) atoms. The van der Waals surface area contributed by atoms with E-state index in [1.54, 1.807) is 12.1 Å². The van der Waals surface area contributed by atoms with Crippen molar-refractivity contribution in [3.8, 4) is 0 Å². The van der Waals surface area contributed by atoms with Crippen molar-refractivity contribution in [2.75, 3.05) is 0 Å². The van der Waals surface area contributed by atoms with E-state index >= 15 is 0 Å². The summed E-state index contributed by atoms with van der Waals surface area (Å²) in [7, 11) is 0. The summed E-state index contributed by atoms with van der Waals surface area (Å²) in [4.78, 5) is 0.792. The molecule has 0 amide bonds. The second-order valence-corrected chi connectivity index (χ2v) is 6.17. The molecule has 1 aromatic heterocycles. The van der Waals surface area contributed by atoms with Crippen molar-refractivity contribution in [1.82, 2.24) is 0 Å². The molecule has 1 heterocycles.